The lowest BCUT2D eigenvalue weighted by atomic mass is 9.77. The second-order valence-electron chi connectivity index (χ2n) is 11.2. The molecule has 8 heteroatoms. The van der Waals surface area contributed by atoms with E-state index in [1.165, 1.54) is 0 Å². The smallest absolute Gasteiger partial charge is 0.231 e. The molecule has 2 heterocycles. The Morgan fingerprint density at radius 3 is 2.26 bits per heavy atom. The Morgan fingerprint density at radius 1 is 1.07 bits per heavy atom. The van der Waals surface area contributed by atoms with Crippen LogP contribution >= 0.6 is 11.6 Å². The van der Waals surface area contributed by atoms with Gasteiger partial charge in [0.25, 0.3) is 0 Å². The molecule has 0 saturated carbocycles. The molecule has 2 aliphatic heterocycles. The van der Waals surface area contributed by atoms with Crippen LogP contribution in [0.4, 0.5) is 5.69 Å². The Hall–Kier alpha value is -3.73. The predicted octanol–water partition coefficient (Wildman–Crippen LogP) is 5.98. The van der Waals surface area contributed by atoms with E-state index in [0.29, 0.717) is 42.6 Å². The van der Waals surface area contributed by atoms with E-state index in [-0.39, 0.29) is 23.8 Å². The zero-order valence-electron chi connectivity index (χ0n) is 24.9. The molecule has 0 radical (unpaired) electrons. The van der Waals surface area contributed by atoms with Crippen molar-refractivity contribution in [2.45, 2.75) is 65.2 Å². The minimum absolute atomic E-state index is 0.0123. The highest BCUT2D eigenvalue weighted by Gasteiger charge is 2.36. The van der Waals surface area contributed by atoms with Crippen molar-refractivity contribution in [1.82, 2.24) is 4.90 Å². The van der Waals surface area contributed by atoms with E-state index in [1.807, 2.05) is 62.1 Å². The van der Waals surface area contributed by atoms with Gasteiger partial charge in [0, 0.05) is 36.8 Å². The fraction of sp³-hybridized carbons (Fsp3) is 0.412. The average Bonchev–Trinajstić information content (AvgIpc) is 2.97. The molecule has 3 aromatic carbocycles. The molecule has 0 aromatic heterocycles. The topological polar surface area (TPSA) is 79.3 Å². The molecule has 222 valence electrons. The number of hydrogen-bond acceptors (Lipinski definition) is 5. The third-order valence-corrected chi connectivity index (χ3v) is 8.17. The van der Waals surface area contributed by atoms with Gasteiger partial charge < -0.3 is 24.4 Å². The summed E-state index contributed by atoms with van der Waals surface area (Å²) in [6.07, 6.45) is 1.83. The number of ether oxygens (including phenoxy) is 2. The lowest BCUT2D eigenvalue weighted by molar-refractivity contribution is -0.132. The third-order valence-electron chi connectivity index (χ3n) is 7.94. The van der Waals surface area contributed by atoms with Crippen LogP contribution in [0.5, 0.6) is 11.5 Å². The number of halogens is 1. The van der Waals surface area contributed by atoms with Crippen LogP contribution < -0.4 is 14.4 Å². The maximum Gasteiger partial charge on any atom is 0.231 e. The minimum Gasteiger partial charge on any atom is -0.493 e. The van der Waals surface area contributed by atoms with Crippen LogP contribution in [0.15, 0.2) is 54.6 Å². The highest BCUT2D eigenvalue weighted by Crippen LogP contribution is 2.38. The monoisotopic (exact) mass is 590 g/mol. The van der Waals surface area contributed by atoms with E-state index in [2.05, 4.69) is 12.1 Å². The van der Waals surface area contributed by atoms with Crippen LogP contribution in [-0.2, 0) is 28.2 Å². The first-order chi connectivity index (χ1) is 20.0. The molecule has 0 bridgehead atoms. The van der Waals surface area contributed by atoms with Crippen molar-refractivity contribution in [3.05, 3.63) is 88.4 Å². The summed E-state index contributed by atoms with van der Waals surface area (Å²) in [5.74, 6) is 1.49. The summed E-state index contributed by atoms with van der Waals surface area (Å²) in [4.78, 5) is 28.3. The van der Waals surface area contributed by atoms with Gasteiger partial charge in [-0.2, -0.15) is 0 Å². The average molecular weight is 591 g/mol. The first kappa shape index (κ1) is 31.2. The van der Waals surface area contributed by atoms with Gasteiger partial charge in [0.15, 0.2) is 11.5 Å². The molecular weight excluding hydrogens is 552 g/mol. The van der Waals surface area contributed by atoms with Crippen LogP contribution in [-0.4, -0.2) is 48.1 Å². The van der Waals surface area contributed by atoms with E-state index in [1.54, 1.807) is 37.1 Å². The van der Waals surface area contributed by atoms with Gasteiger partial charge in [-0.25, -0.2) is 0 Å². The van der Waals surface area contributed by atoms with E-state index >= 15 is 0 Å². The number of likely N-dealkylation sites (tertiary alicyclic amines) is 1. The standard InChI is InChI=1S/C28H36N2O5.C6H3Cl/c1-18(2)35-26-15-21-17-30(27(32)16-20(21)14-25(26)34-5)24-8-6-22(7-9-24)28(4,33)23-10-12-29(13-11-23)19(3)31;7-6-4-2-1-3-5-6/h6-9,14-15,18,23,33H,10-13,16-17H2,1-5H3;2,4-5H. The van der Waals surface area contributed by atoms with E-state index in [9.17, 15) is 14.7 Å². The molecule has 0 spiro atoms. The number of carbonyl (C=O) groups excluding carboxylic acids is 2. The first-order valence-electron chi connectivity index (χ1n) is 14.3. The van der Waals surface area contributed by atoms with Crippen molar-refractivity contribution in [2.24, 2.45) is 5.92 Å². The van der Waals surface area contributed by atoms with Gasteiger partial charge in [-0.1, -0.05) is 35.9 Å². The molecule has 1 fully saturated rings. The van der Waals surface area contributed by atoms with Gasteiger partial charge in [0.1, 0.15) is 0 Å². The van der Waals surface area contributed by atoms with Gasteiger partial charge in [-0.3, -0.25) is 9.59 Å². The van der Waals surface area contributed by atoms with Crippen molar-refractivity contribution in [2.75, 3.05) is 25.1 Å². The van der Waals surface area contributed by atoms with E-state index in [4.69, 9.17) is 21.1 Å². The third kappa shape index (κ3) is 7.36. The van der Waals surface area contributed by atoms with Crippen molar-refractivity contribution >= 4 is 29.1 Å². The summed E-state index contributed by atoms with van der Waals surface area (Å²) in [5.41, 5.74) is 2.61. The number of anilines is 1. The SMILES string of the molecule is COc1cc2c(cc1OC(C)C)CN(c1ccc(C(C)(O)C3CCN(C(C)=O)CC3)cc1)C(=O)C2.Clc1cc#ccc1. The van der Waals surface area contributed by atoms with Crippen molar-refractivity contribution in [1.29, 1.82) is 0 Å². The minimum atomic E-state index is -1.00. The molecule has 7 nitrogen and oxygen atoms in total. The molecule has 5 rings (SSSR count). The largest absolute Gasteiger partial charge is 0.493 e. The Bertz CT molecular complexity index is 1370. The molecule has 3 aromatic rings. The number of piperidine rings is 1. The molecule has 0 aliphatic carbocycles. The molecule has 2 aliphatic rings. The lowest BCUT2D eigenvalue weighted by Gasteiger charge is -2.40. The van der Waals surface area contributed by atoms with Crippen LogP contribution in [0.25, 0.3) is 0 Å². The molecule has 1 unspecified atom stereocenters. The van der Waals surface area contributed by atoms with Crippen molar-refractivity contribution < 1.29 is 24.2 Å². The Labute approximate surface area is 254 Å². The van der Waals surface area contributed by atoms with Gasteiger partial charge in [0.2, 0.25) is 11.8 Å². The summed E-state index contributed by atoms with van der Waals surface area (Å²) >= 11 is 5.49. The number of carbonyl (C=O) groups is 2. The normalized spacial score (nSPS) is 16.5. The number of hydrogen-bond donors (Lipinski definition) is 1. The first-order valence-corrected chi connectivity index (χ1v) is 14.7. The zero-order valence-corrected chi connectivity index (χ0v) is 25.7. The number of benzene rings is 2. The number of nitrogens with zero attached hydrogens (tertiary/aromatic N) is 2. The Balaban J connectivity index is 0.000000507. The zero-order chi connectivity index (χ0) is 30.4. The maximum absolute atomic E-state index is 13.0. The Morgan fingerprint density at radius 2 is 1.74 bits per heavy atom. The highest BCUT2D eigenvalue weighted by atomic mass is 35.5. The van der Waals surface area contributed by atoms with E-state index in [0.717, 1.165) is 35.2 Å². The van der Waals surface area contributed by atoms with Crippen LogP contribution in [0.1, 0.15) is 57.2 Å². The molecule has 42 heavy (non-hydrogen) atoms. The number of rotatable bonds is 6. The van der Waals surface area contributed by atoms with Crippen LogP contribution in [0.3, 0.4) is 0 Å². The van der Waals surface area contributed by atoms with Gasteiger partial charge in [-0.15, -0.1) is 0 Å². The molecule has 1 atom stereocenters. The van der Waals surface area contributed by atoms with Gasteiger partial charge in [-0.05, 0) is 92.6 Å². The number of aliphatic hydroxyl groups is 1. The molecule has 2 amide bonds. The van der Waals surface area contributed by atoms with Crippen molar-refractivity contribution in [3.63, 3.8) is 0 Å². The molecular formula is C34H39ClN2O5. The summed E-state index contributed by atoms with van der Waals surface area (Å²) < 4.78 is 11.4. The van der Waals surface area contributed by atoms with Crippen LogP contribution in [0.2, 0.25) is 5.02 Å². The number of methoxy groups -OCH3 is 1. The summed E-state index contributed by atoms with van der Waals surface area (Å²) in [5, 5.41) is 12.1. The van der Waals surface area contributed by atoms with Crippen molar-refractivity contribution in [3.8, 4) is 11.5 Å². The molecule has 1 saturated heterocycles. The quantitative estimate of drug-likeness (QED) is 0.382. The van der Waals surface area contributed by atoms with E-state index < -0.39 is 5.60 Å². The predicted molar refractivity (Wildman–Crippen MR) is 164 cm³/mol. The fourth-order valence-corrected chi connectivity index (χ4v) is 5.63. The maximum atomic E-state index is 13.0. The summed E-state index contributed by atoms with van der Waals surface area (Å²) in [6.45, 7) is 9.17. The van der Waals surface area contributed by atoms with Gasteiger partial charge in [0.05, 0.1) is 31.8 Å². The fourth-order valence-electron chi connectivity index (χ4n) is 5.51. The molecule has 1 N–H and O–H groups in total. The van der Waals surface area contributed by atoms with Crippen LogP contribution in [0, 0.1) is 18.1 Å². The second-order valence-corrected chi connectivity index (χ2v) is 11.7. The summed E-state index contributed by atoms with van der Waals surface area (Å²) in [7, 11) is 1.61. The highest BCUT2D eigenvalue weighted by molar-refractivity contribution is 6.30. The second kappa shape index (κ2) is 13.5. The Kier molecular flexibility index (Phi) is 10.0. The lowest BCUT2D eigenvalue weighted by Crippen LogP contribution is -2.43. The summed E-state index contributed by atoms with van der Waals surface area (Å²) in [6, 6.07) is 22.1. The van der Waals surface area contributed by atoms with Gasteiger partial charge >= 0.3 is 0 Å². The number of fused-ring (bicyclic) bond motifs is 1. The number of amides is 2.